The molecule has 0 aliphatic carbocycles. The van der Waals surface area contributed by atoms with E-state index in [1.807, 2.05) is 19.9 Å². The lowest BCUT2D eigenvalue weighted by Crippen LogP contribution is -2.48. The first-order valence-corrected chi connectivity index (χ1v) is 7.40. The summed E-state index contributed by atoms with van der Waals surface area (Å²) in [4.78, 5) is 3.76. The van der Waals surface area contributed by atoms with Gasteiger partial charge in [-0.3, -0.25) is 0 Å². The van der Waals surface area contributed by atoms with E-state index in [2.05, 4.69) is 4.98 Å². The molecule has 1 aliphatic rings. The molecule has 0 aromatic carbocycles. The Hall–Kier alpha value is -1.49. The molecule has 1 saturated heterocycles. The molecule has 1 aliphatic heterocycles. The summed E-state index contributed by atoms with van der Waals surface area (Å²) >= 11 is 0. The van der Waals surface area contributed by atoms with E-state index in [0.29, 0.717) is 0 Å². The van der Waals surface area contributed by atoms with Crippen molar-refractivity contribution in [2.75, 3.05) is 13.1 Å². The van der Waals surface area contributed by atoms with E-state index >= 15 is 0 Å². The molecule has 0 spiro atoms. The molecule has 1 aromatic rings. The number of rotatable bonds is 2. The quantitative estimate of drug-likeness (QED) is 0.798. The zero-order valence-electron chi connectivity index (χ0n) is 10.8. The van der Waals surface area contributed by atoms with Crippen LogP contribution < -0.4 is 0 Å². The third-order valence-electron chi connectivity index (χ3n) is 2.88. The van der Waals surface area contributed by atoms with Gasteiger partial charge in [-0.05, 0) is 26.0 Å². The van der Waals surface area contributed by atoms with Crippen LogP contribution in [0.2, 0.25) is 0 Å². The normalized spacial score (nSPS) is 24.9. The van der Waals surface area contributed by atoms with Gasteiger partial charge in [0.2, 0.25) is 10.0 Å². The van der Waals surface area contributed by atoms with E-state index in [0.717, 1.165) is 0 Å². The number of sulfonamides is 1. The van der Waals surface area contributed by atoms with E-state index in [1.54, 1.807) is 0 Å². The Bertz CT molecular complexity index is 599. The second-order valence-corrected chi connectivity index (χ2v) is 6.45. The Balaban J connectivity index is 2.40. The maximum atomic E-state index is 12.5. The number of morpholine rings is 1. The molecule has 1 aromatic heterocycles. The van der Waals surface area contributed by atoms with Gasteiger partial charge in [-0.1, -0.05) is 0 Å². The van der Waals surface area contributed by atoms with Crippen molar-refractivity contribution in [3.05, 3.63) is 24.0 Å². The minimum absolute atomic E-state index is 0.0428. The molecule has 2 heterocycles. The SMILES string of the molecule is CC1CN(S(=O)(=O)c2cccnc2C#N)CC(C)O1. The molecule has 2 unspecified atom stereocenters. The molecule has 19 heavy (non-hydrogen) atoms. The predicted octanol–water partition coefficient (Wildman–Crippen LogP) is 0.751. The molecular weight excluding hydrogens is 266 g/mol. The molecule has 0 radical (unpaired) electrons. The first kappa shape index (κ1) is 13.9. The topological polar surface area (TPSA) is 83.3 Å². The van der Waals surface area contributed by atoms with Crippen LogP contribution in [0, 0.1) is 11.3 Å². The molecular formula is C12H15N3O3S. The molecule has 2 rings (SSSR count). The van der Waals surface area contributed by atoms with Gasteiger partial charge in [0.1, 0.15) is 11.0 Å². The lowest BCUT2D eigenvalue weighted by atomic mass is 10.3. The molecule has 1 fully saturated rings. The zero-order chi connectivity index (χ0) is 14.0. The van der Waals surface area contributed by atoms with Crippen LogP contribution in [0.15, 0.2) is 23.2 Å². The average molecular weight is 281 g/mol. The number of nitrogens with zero attached hydrogens (tertiary/aromatic N) is 3. The molecule has 0 amide bonds. The fourth-order valence-electron chi connectivity index (χ4n) is 2.15. The summed E-state index contributed by atoms with van der Waals surface area (Å²) in [6.07, 6.45) is 1.07. The highest BCUT2D eigenvalue weighted by Gasteiger charge is 2.33. The number of ether oxygens (including phenoxy) is 1. The summed E-state index contributed by atoms with van der Waals surface area (Å²) in [6.45, 7) is 4.22. The van der Waals surface area contributed by atoms with Crippen molar-refractivity contribution >= 4 is 10.0 Å². The lowest BCUT2D eigenvalue weighted by molar-refractivity contribution is -0.0440. The number of nitriles is 1. The molecule has 0 N–H and O–H groups in total. The van der Waals surface area contributed by atoms with Gasteiger partial charge in [-0.2, -0.15) is 9.57 Å². The highest BCUT2D eigenvalue weighted by atomic mass is 32.2. The van der Waals surface area contributed by atoms with Crippen LogP contribution in [-0.4, -0.2) is 43.0 Å². The smallest absolute Gasteiger partial charge is 0.246 e. The Morgan fingerprint density at radius 2 is 2.05 bits per heavy atom. The summed E-state index contributed by atoms with van der Waals surface area (Å²) in [7, 11) is -3.70. The van der Waals surface area contributed by atoms with Crippen molar-refractivity contribution in [1.82, 2.24) is 9.29 Å². The molecule has 102 valence electrons. The van der Waals surface area contributed by atoms with Gasteiger partial charge >= 0.3 is 0 Å². The first-order chi connectivity index (χ1) is 8.95. The standard InChI is InChI=1S/C12H15N3O3S/c1-9-7-15(8-10(2)18-9)19(16,17)12-4-3-5-14-11(12)6-13/h3-5,9-10H,7-8H2,1-2H3. The first-order valence-electron chi connectivity index (χ1n) is 5.96. The fourth-order valence-corrected chi connectivity index (χ4v) is 3.83. The van der Waals surface area contributed by atoms with Crippen molar-refractivity contribution in [3.8, 4) is 6.07 Å². The maximum Gasteiger partial charge on any atom is 0.246 e. The average Bonchev–Trinajstić information content (AvgIpc) is 2.37. The Kier molecular flexibility index (Phi) is 3.85. The zero-order valence-corrected chi connectivity index (χ0v) is 11.6. The summed E-state index contributed by atoms with van der Waals surface area (Å²) < 4.78 is 31.9. The van der Waals surface area contributed by atoms with Crippen molar-refractivity contribution in [3.63, 3.8) is 0 Å². The molecule has 2 atom stereocenters. The molecule has 7 heteroatoms. The van der Waals surface area contributed by atoms with Crippen molar-refractivity contribution in [2.45, 2.75) is 31.0 Å². The van der Waals surface area contributed by atoms with E-state index in [4.69, 9.17) is 10.00 Å². The second-order valence-electron chi connectivity index (χ2n) is 4.54. The second kappa shape index (κ2) is 5.25. The maximum absolute atomic E-state index is 12.5. The van der Waals surface area contributed by atoms with Crippen LogP contribution in [0.5, 0.6) is 0 Å². The van der Waals surface area contributed by atoms with Crippen molar-refractivity contribution < 1.29 is 13.2 Å². The van der Waals surface area contributed by atoms with Crippen LogP contribution in [-0.2, 0) is 14.8 Å². The summed E-state index contributed by atoms with van der Waals surface area (Å²) in [5.74, 6) is 0. The van der Waals surface area contributed by atoms with Gasteiger partial charge in [0, 0.05) is 19.3 Å². The van der Waals surface area contributed by atoms with Crippen LogP contribution in [0.3, 0.4) is 0 Å². The molecule has 0 bridgehead atoms. The number of pyridine rings is 1. The van der Waals surface area contributed by atoms with Gasteiger partial charge in [0.15, 0.2) is 5.69 Å². The van der Waals surface area contributed by atoms with Gasteiger partial charge in [-0.25, -0.2) is 13.4 Å². The highest BCUT2D eigenvalue weighted by Crippen LogP contribution is 2.22. The van der Waals surface area contributed by atoms with Crippen LogP contribution >= 0.6 is 0 Å². The van der Waals surface area contributed by atoms with E-state index in [1.165, 1.54) is 22.6 Å². The lowest BCUT2D eigenvalue weighted by Gasteiger charge is -2.34. The van der Waals surface area contributed by atoms with Crippen LogP contribution in [0.4, 0.5) is 0 Å². The Morgan fingerprint density at radius 3 is 2.63 bits per heavy atom. The van der Waals surface area contributed by atoms with Crippen LogP contribution in [0.25, 0.3) is 0 Å². The number of hydrogen-bond acceptors (Lipinski definition) is 5. The van der Waals surface area contributed by atoms with Gasteiger partial charge in [0.05, 0.1) is 12.2 Å². The van der Waals surface area contributed by atoms with Crippen LogP contribution in [0.1, 0.15) is 19.5 Å². The van der Waals surface area contributed by atoms with E-state index in [9.17, 15) is 8.42 Å². The van der Waals surface area contributed by atoms with Gasteiger partial charge in [0.25, 0.3) is 0 Å². The predicted molar refractivity (Wildman–Crippen MR) is 67.7 cm³/mol. The molecule has 6 nitrogen and oxygen atoms in total. The fraction of sp³-hybridized carbons (Fsp3) is 0.500. The van der Waals surface area contributed by atoms with E-state index in [-0.39, 0.29) is 35.9 Å². The highest BCUT2D eigenvalue weighted by molar-refractivity contribution is 7.89. The summed E-state index contributed by atoms with van der Waals surface area (Å²) in [5.41, 5.74) is -0.0747. The minimum atomic E-state index is -3.70. The summed E-state index contributed by atoms with van der Waals surface area (Å²) in [5, 5.41) is 8.96. The Labute approximate surface area is 112 Å². The summed E-state index contributed by atoms with van der Waals surface area (Å²) in [6, 6.07) is 4.74. The number of aromatic nitrogens is 1. The van der Waals surface area contributed by atoms with Crippen molar-refractivity contribution in [2.24, 2.45) is 0 Å². The van der Waals surface area contributed by atoms with Gasteiger partial charge in [-0.15, -0.1) is 0 Å². The third-order valence-corrected chi connectivity index (χ3v) is 4.74. The third kappa shape index (κ3) is 2.76. The number of hydrogen-bond donors (Lipinski definition) is 0. The molecule has 0 saturated carbocycles. The van der Waals surface area contributed by atoms with Crippen molar-refractivity contribution in [1.29, 1.82) is 5.26 Å². The minimum Gasteiger partial charge on any atom is -0.373 e. The van der Waals surface area contributed by atoms with Gasteiger partial charge < -0.3 is 4.74 Å². The largest absolute Gasteiger partial charge is 0.373 e. The Morgan fingerprint density at radius 1 is 1.42 bits per heavy atom. The monoisotopic (exact) mass is 281 g/mol. The van der Waals surface area contributed by atoms with E-state index < -0.39 is 10.0 Å².